The van der Waals surface area contributed by atoms with Gasteiger partial charge in [0.15, 0.2) is 11.9 Å². The summed E-state index contributed by atoms with van der Waals surface area (Å²) >= 11 is 0. The molecule has 0 fully saturated rings. The molecule has 0 radical (unpaired) electrons. The number of rotatable bonds is 1. The van der Waals surface area contributed by atoms with Crippen LogP contribution in [-0.2, 0) is 0 Å². The van der Waals surface area contributed by atoms with Gasteiger partial charge in [-0.25, -0.2) is 9.97 Å². The Hall–Kier alpha value is -2.24. The van der Waals surface area contributed by atoms with Gasteiger partial charge in [0.2, 0.25) is 0 Å². The lowest BCUT2D eigenvalue weighted by Crippen LogP contribution is -2.23. The van der Waals surface area contributed by atoms with Crippen LogP contribution in [0.2, 0.25) is 0 Å². The van der Waals surface area contributed by atoms with Gasteiger partial charge in [0, 0.05) is 17.3 Å². The van der Waals surface area contributed by atoms with Crippen molar-refractivity contribution in [2.45, 2.75) is 6.92 Å². The Balaban J connectivity index is 3.11. The van der Waals surface area contributed by atoms with Crippen LogP contribution < -0.4 is 5.56 Å². The van der Waals surface area contributed by atoms with Crippen LogP contribution in [-0.4, -0.2) is 26.2 Å². The van der Waals surface area contributed by atoms with Crippen LogP contribution in [0.3, 0.4) is 0 Å². The number of aromatic nitrogens is 3. The van der Waals surface area contributed by atoms with Crippen molar-refractivity contribution in [3.05, 3.63) is 34.0 Å². The first kappa shape index (κ1) is 9.32. The molecule has 0 aliphatic rings. The molecule has 0 saturated carbocycles. The van der Waals surface area contributed by atoms with E-state index in [9.17, 15) is 14.8 Å². The standard InChI is InChI=1S/C9H7N3O3/c1-5-7(3-13)6-2-10-4-11-8(6)12(15)9(5)14/h2-4,15H,1H3. The molecule has 76 valence electrons. The first-order valence-electron chi connectivity index (χ1n) is 4.16. The highest BCUT2D eigenvalue weighted by molar-refractivity contribution is 5.95. The number of nitrogens with zero attached hydrogens (tertiary/aromatic N) is 3. The second-order valence-corrected chi connectivity index (χ2v) is 3.03. The van der Waals surface area contributed by atoms with E-state index in [2.05, 4.69) is 9.97 Å². The molecule has 2 aromatic rings. The number of carbonyl (C=O) groups excluding carboxylic acids is 1. The molecule has 2 heterocycles. The maximum atomic E-state index is 11.5. The average Bonchev–Trinajstić information content (AvgIpc) is 2.27. The second kappa shape index (κ2) is 3.16. The predicted octanol–water partition coefficient (Wildman–Crippen LogP) is 0.150. The van der Waals surface area contributed by atoms with E-state index < -0.39 is 5.56 Å². The number of carbonyl (C=O) groups is 1. The summed E-state index contributed by atoms with van der Waals surface area (Å²) in [5.74, 6) is 0. The number of pyridine rings is 1. The van der Waals surface area contributed by atoms with Gasteiger partial charge in [-0.1, -0.05) is 0 Å². The van der Waals surface area contributed by atoms with Crippen molar-refractivity contribution in [2.24, 2.45) is 0 Å². The van der Waals surface area contributed by atoms with Gasteiger partial charge in [-0.15, -0.1) is 4.73 Å². The fraction of sp³-hybridized carbons (Fsp3) is 0.111. The topological polar surface area (TPSA) is 85.1 Å². The minimum atomic E-state index is -0.650. The molecule has 0 bridgehead atoms. The van der Waals surface area contributed by atoms with Gasteiger partial charge in [0.1, 0.15) is 6.33 Å². The van der Waals surface area contributed by atoms with E-state index >= 15 is 0 Å². The maximum absolute atomic E-state index is 11.5. The summed E-state index contributed by atoms with van der Waals surface area (Å²) < 4.78 is 0.416. The first-order chi connectivity index (χ1) is 7.16. The lowest BCUT2D eigenvalue weighted by Gasteiger charge is -2.05. The molecule has 0 saturated heterocycles. The molecular formula is C9H7N3O3. The highest BCUT2D eigenvalue weighted by Gasteiger charge is 2.13. The summed E-state index contributed by atoms with van der Waals surface area (Å²) in [6, 6.07) is 0. The van der Waals surface area contributed by atoms with Crippen molar-refractivity contribution < 1.29 is 10.0 Å². The normalized spacial score (nSPS) is 10.5. The maximum Gasteiger partial charge on any atom is 0.288 e. The highest BCUT2D eigenvalue weighted by atomic mass is 16.5. The SMILES string of the molecule is Cc1c(C=O)c2cncnc2n(O)c1=O. The zero-order valence-corrected chi connectivity index (χ0v) is 7.84. The Morgan fingerprint density at radius 3 is 2.93 bits per heavy atom. The van der Waals surface area contributed by atoms with Crippen LogP contribution in [0.5, 0.6) is 0 Å². The van der Waals surface area contributed by atoms with Gasteiger partial charge in [-0.05, 0) is 6.92 Å². The number of aldehydes is 1. The zero-order chi connectivity index (χ0) is 11.0. The fourth-order valence-corrected chi connectivity index (χ4v) is 1.41. The molecular weight excluding hydrogens is 198 g/mol. The van der Waals surface area contributed by atoms with E-state index in [0.29, 0.717) is 16.4 Å². The molecule has 0 atom stereocenters. The van der Waals surface area contributed by atoms with E-state index in [4.69, 9.17) is 0 Å². The van der Waals surface area contributed by atoms with Crippen molar-refractivity contribution in [1.82, 2.24) is 14.7 Å². The zero-order valence-electron chi connectivity index (χ0n) is 7.84. The van der Waals surface area contributed by atoms with Crippen LogP contribution in [0.15, 0.2) is 17.3 Å². The Kier molecular flexibility index (Phi) is 1.96. The van der Waals surface area contributed by atoms with E-state index in [-0.39, 0.29) is 16.8 Å². The van der Waals surface area contributed by atoms with Crippen LogP contribution in [0.1, 0.15) is 15.9 Å². The monoisotopic (exact) mass is 205 g/mol. The van der Waals surface area contributed by atoms with Gasteiger partial charge in [0.05, 0.1) is 5.39 Å². The predicted molar refractivity (Wildman–Crippen MR) is 51.1 cm³/mol. The number of hydrogen-bond acceptors (Lipinski definition) is 5. The van der Waals surface area contributed by atoms with Crippen molar-refractivity contribution >= 4 is 17.3 Å². The molecule has 0 unspecified atom stereocenters. The summed E-state index contributed by atoms with van der Waals surface area (Å²) in [5.41, 5.74) is -0.235. The van der Waals surface area contributed by atoms with Crippen LogP contribution in [0.4, 0.5) is 0 Å². The Labute approximate surface area is 83.8 Å². The third-order valence-electron chi connectivity index (χ3n) is 2.22. The molecule has 6 heteroatoms. The molecule has 2 aromatic heterocycles. The fourth-order valence-electron chi connectivity index (χ4n) is 1.41. The lowest BCUT2D eigenvalue weighted by atomic mass is 10.1. The quantitative estimate of drug-likeness (QED) is 0.529. The Bertz CT molecular complexity index is 603. The van der Waals surface area contributed by atoms with Crippen molar-refractivity contribution in [1.29, 1.82) is 0 Å². The molecule has 0 aromatic carbocycles. The van der Waals surface area contributed by atoms with Crippen molar-refractivity contribution in [2.75, 3.05) is 0 Å². The minimum absolute atomic E-state index is 0.0303. The Morgan fingerprint density at radius 1 is 1.53 bits per heavy atom. The van der Waals surface area contributed by atoms with E-state index in [1.165, 1.54) is 19.4 Å². The molecule has 0 spiro atoms. The third-order valence-corrected chi connectivity index (χ3v) is 2.22. The van der Waals surface area contributed by atoms with Gasteiger partial charge in [-0.3, -0.25) is 9.59 Å². The van der Waals surface area contributed by atoms with Gasteiger partial charge < -0.3 is 5.21 Å². The first-order valence-corrected chi connectivity index (χ1v) is 4.16. The summed E-state index contributed by atoms with van der Waals surface area (Å²) in [6.07, 6.45) is 3.13. The van der Waals surface area contributed by atoms with Gasteiger partial charge >= 0.3 is 0 Å². The lowest BCUT2D eigenvalue weighted by molar-refractivity contribution is 0.112. The van der Waals surface area contributed by atoms with Crippen LogP contribution in [0, 0.1) is 6.92 Å². The van der Waals surface area contributed by atoms with E-state index in [1.807, 2.05) is 0 Å². The molecule has 6 nitrogen and oxygen atoms in total. The molecule has 0 aliphatic heterocycles. The molecule has 0 aliphatic carbocycles. The number of fused-ring (bicyclic) bond motifs is 1. The highest BCUT2D eigenvalue weighted by Crippen LogP contribution is 2.13. The van der Waals surface area contributed by atoms with Crippen LogP contribution in [0.25, 0.3) is 11.0 Å². The van der Waals surface area contributed by atoms with Gasteiger partial charge in [-0.2, -0.15) is 0 Å². The summed E-state index contributed by atoms with van der Waals surface area (Å²) in [6.45, 7) is 1.46. The third kappa shape index (κ3) is 1.18. The van der Waals surface area contributed by atoms with Crippen LogP contribution >= 0.6 is 0 Å². The molecule has 1 N–H and O–H groups in total. The van der Waals surface area contributed by atoms with E-state index in [1.54, 1.807) is 0 Å². The van der Waals surface area contributed by atoms with E-state index in [0.717, 1.165) is 0 Å². The Morgan fingerprint density at radius 2 is 2.27 bits per heavy atom. The average molecular weight is 205 g/mol. The summed E-state index contributed by atoms with van der Waals surface area (Å²) in [5, 5.41) is 9.81. The van der Waals surface area contributed by atoms with Crippen molar-refractivity contribution in [3.8, 4) is 0 Å². The molecule has 2 rings (SSSR count). The number of hydrogen-bond donors (Lipinski definition) is 1. The largest absolute Gasteiger partial charge is 0.423 e. The molecule has 15 heavy (non-hydrogen) atoms. The van der Waals surface area contributed by atoms with Crippen molar-refractivity contribution in [3.63, 3.8) is 0 Å². The summed E-state index contributed by atoms with van der Waals surface area (Å²) in [4.78, 5) is 29.7. The summed E-state index contributed by atoms with van der Waals surface area (Å²) in [7, 11) is 0. The smallest absolute Gasteiger partial charge is 0.288 e. The minimum Gasteiger partial charge on any atom is -0.423 e. The van der Waals surface area contributed by atoms with Gasteiger partial charge in [0.25, 0.3) is 5.56 Å². The second-order valence-electron chi connectivity index (χ2n) is 3.03. The molecule has 0 amide bonds.